The zero-order valence-corrected chi connectivity index (χ0v) is 12.4. The number of benzene rings is 1. The van der Waals surface area contributed by atoms with Gasteiger partial charge in [-0.2, -0.15) is 0 Å². The number of rotatable bonds is 3. The van der Waals surface area contributed by atoms with Crippen LogP contribution >= 0.6 is 0 Å². The van der Waals surface area contributed by atoms with E-state index in [4.69, 9.17) is 5.73 Å². The van der Waals surface area contributed by atoms with Crippen molar-refractivity contribution in [3.63, 3.8) is 0 Å². The van der Waals surface area contributed by atoms with Crippen LogP contribution in [0.25, 0.3) is 0 Å². The second-order valence-electron chi connectivity index (χ2n) is 5.44. The summed E-state index contributed by atoms with van der Waals surface area (Å²) < 4.78 is 27.6. The fourth-order valence-corrected chi connectivity index (χ4v) is 4.49. The number of aryl methyl sites for hydroxylation is 2. The molecule has 1 saturated carbocycles. The van der Waals surface area contributed by atoms with Gasteiger partial charge in [0.05, 0.1) is 10.9 Å². The van der Waals surface area contributed by atoms with Crippen molar-refractivity contribution in [2.45, 2.75) is 51.2 Å². The van der Waals surface area contributed by atoms with E-state index >= 15 is 0 Å². The maximum absolute atomic E-state index is 12.4. The minimum Gasteiger partial charge on any atom is -0.399 e. The Bertz CT molecular complexity index is 538. The Kier molecular flexibility index (Phi) is 4.04. The summed E-state index contributed by atoms with van der Waals surface area (Å²) in [6.07, 6.45) is 4.69. The number of nitrogens with one attached hydrogen (secondary N) is 1. The van der Waals surface area contributed by atoms with Crippen LogP contribution in [-0.2, 0) is 10.0 Å². The summed E-state index contributed by atoms with van der Waals surface area (Å²) in [6, 6.07) is 3.59. The van der Waals surface area contributed by atoms with E-state index in [2.05, 4.69) is 4.72 Å². The van der Waals surface area contributed by atoms with E-state index in [0.29, 0.717) is 11.4 Å². The minimum absolute atomic E-state index is 0.252. The Balaban J connectivity index is 2.25. The van der Waals surface area contributed by atoms with Crippen LogP contribution < -0.4 is 10.5 Å². The van der Waals surface area contributed by atoms with Gasteiger partial charge in [-0.05, 0) is 49.9 Å². The number of sulfonamides is 1. The smallest absolute Gasteiger partial charge is 0.235 e. The van der Waals surface area contributed by atoms with Crippen molar-refractivity contribution >= 4 is 21.4 Å². The molecular weight excluding hydrogens is 260 g/mol. The predicted molar refractivity (Wildman–Crippen MR) is 79.7 cm³/mol. The molecular formula is C14H22N2O2S. The fourth-order valence-electron chi connectivity index (χ4n) is 2.76. The van der Waals surface area contributed by atoms with Crippen molar-refractivity contribution in [1.29, 1.82) is 0 Å². The summed E-state index contributed by atoms with van der Waals surface area (Å²) in [5, 5.41) is -0.252. The highest BCUT2D eigenvalue weighted by Crippen LogP contribution is 2.29. The van der Waals surface area contributed by atoms with Crippen LogP contribution in [0.15, 0.2) is 12.1 Å². The third-order valence-corrected chi connectivity index (χ3v) is 5.63. The number of nitrogen functional groups attached to an aromatic ring is 1. The molecule has 4 nitrogen and oxygen atoms in total. The Hall–Kier alpha value is -1.23. The second kappa shape index (κ2) is 5.41. The third kappa shape index (κ3) is 3.21. The second-order valence-corrected chi connectivity index (χ2v) is 7.40. The maximum atomic E-state index is 12.4. The summed E-state index contributed by atoms with van der Waals surface area (Å²) in [6.45, 7) is 3.75. The summed E-state index contributed by atoms with van der Waals surface area (Å²) in [4.78, 5) is 0. The van der Waals surface area contributed by atoms with Crippen LogP contribution in [0.1, 0.15) is 43.2 Å². The monoisotopic (exact) mass is 282 g/mol. The summed E-state index contributed by atoms with van der Waals surface area (Å²) in [5.41, 5.74) is 8.84. The molecule has 1 aliphatic rings. The highest BCUT2D eigenvalue weighted by Gasteiger charge is 2.27. The van der Waals surface area contributed by atoms with E-state index in [-0.39, 0.29) is 5.25 Å². The lowest BCUT2D eigenvalue weighted by molar-refractivity contribution is 0.486. The molecule has 19 heavy (non-hydrogen) atoms. The fraction of sp³-hybridized carbons (Fsp3) is 0.571. The molecule has 2 rings (SSSR count). The Morgan fingerprint density at radius 3 is 2.16 bits per heavy atom. The molecule has 0 bridgehead atoms. The largest absolute Gasteiger partial charge is 0.399 e. The van der Waals surface area contributed by atoms with Crippen LogP contribution in [0, 0.1) is 13.8 Å². The number of nitrogens with two attached hydrogens (primary N) is 1. The Morgan fingerprint density at radius 2 is 1.63 bits per heavy atom. The van der Waals surface area contributed by atoms with Crippen molar-refractivity contribution in [2.75, 3.05) is 10.5 Å². The molecule has 1 aromatic carbocycles. The quantitative estimate of drug-likeness (QED) is 0.837. The van der Waals surface area contributed by atoms with Gasteiger partial charge in [-0.15, -0.1) is 0 Å². The first-order valence-electron chi connectivity index (χ1n) is 6.78. The molecule has 0 atom stereocenters. The van der Waals surface area contributed by atoms with Gasteiger partial charge in [0.2, 0.25) is 10.0 Å². The van der Waals surface area contributed by atoms with Gasteiger partial charge in [0.1, 0.15) is 0 Å². The number of anilines is 2. The minimum atomic E-state index is -3.29. The normalized spacial score (nSPS) is 17.4. The maximum Gasteiger partial charge on any atom is 0.235 e. The Labute approximate surface area is 115 Å². The van der Waals surface area contributed by atoms with E-state index in [1.54, 1.807) is 12.1 Å². The molecule has 0 aliphatic heterocycles. The molecule has 0 aromatic heterocycles. The van der Waals surface area contributed by atoms with Crippen molar-refractivity contribution in [1.82, 2.24) is 0 Å². The lowest BCUT2D eigenvalue weighted by atomic mass is 10.0. The van der Waals surface area contributed by atoms with Crippen molar-refractivity contribution in [3.8, 4) is 0 Å². The van der Waals surface area contributed by atoms with Gasteiger partial charge in [-0.1, -0.05) is 19.3 Å². The van der Waals surface area contributed by atoms with Crippen molar-refractivity contribution < 1.29 is 8.42 Å². The number of hydrogen-bond donors (Lipinski definition) is 2. The van der Waals surface area contributed by atoms with Gasteiger partial charge < -0.3 is 5.73 Å². The van der Waals surface area contributed by atoms with Crippen molar-refractivity contribution in [2.24, 2.45) is 0 Å². The van der Waals surface area contributed by atoms with Crippen LogP contribution in [-0.4, -0.2) is 13.7 Å². The molecule has 0 amide bonds. The molecule has 5 heteroatoms. The van der Waals surface area contributed by atoms with Gasteiger partial charge in [0, 0.05) is 5.69 Å². The molecule has 0 unspecified atom stereocenters. The molecule has 1 fully saturated rings. The molecule has 0 radical (unpaired) electrons. The van der Waals surface area contributed by atoms with Gasteiger partial charge in [-0.25, -0.2) is 8.42 Å². The molecule has 3 N–H and O–H groups in total. The van der Waals surface area contributed by atoms with Crippen LogP contribution in [0.3, 0.4) is 0 Å². The standard InChI is InChI=1S/C14H22N2O2S/c1-10-8-12(15)9-11(2)14(10)16-19(17,18)13-6-4-3-5-7-13/h8-9,13,16H,3-7,15H2,1-2H3. The van der Waals surface area contributed by atoms with Gasteiger partial charge in [0.25, 0.3) is 0 Å². The molecule has 1 aromatic rings. The molecule has 0 saturated heterocycles. The topological polar surface area (TPSA) is 72.2 Å². The summed E-state index contributed by atoms with van der Waals surface area (Å²) >= 11 is 0. The highest BCUT2D eigenvalue weighted by molar-refractivity contribution is 7.93. The number of hydrogen-bond acceptors (Lipinski definition) is 3. The Morgan fingerprint density at radius 1 is 1.11 bits per heavy atom. The van der Waals surface area contributed by atoms with E-state index in [1.807, 2.05) is 13.8 Å². The summed E-state index contributed by atoms with van der Waals surface area (Å²) in [7, 11) is -3.29. The first-order chi connectivity index (χ1) is 8.90. The van der Waals surface area contributed by atoms with Crippen LogP contribution in [0.2, 0.25) is 0 Å². The van der Waals surface area contributed by atoms with Crippen molar-refractivity contribution in [3.05, 3.63) is 23.3 Å². The van der Waals surface area contributed by atoms with E-state index in [9.17, 15) is 8.42 Å². The first kappa shape index (κ1) is 14.2. The average Bonchev–Trinajstić information content (AvgIpc) is 2.35. The van der Waals surface area contributed by atoms with E-state index in [0.717, 1.165) is 43.2 Å². The first-order valence-corrected chi connectivity index (χ1v) is 8.33. The molecule has 0 spiro atoms. The lowest BCUT2D eigenvalue weighted by Crippen LogP contribution is -2.30. The zero-order chi connectivity index (χ0) is 14.0. The molecule has 106 valence electrons. The van der Waals surface area contributed by atoms with E-state index in [1.165, 1.54) is 0 Å². The SMILES string of the molecule is Cc1cc(N)cc(C)c1NS(=O)(=O)C1CCCCC1. The highest BCUT2D eigenvalue weighted by atomic mass is 32.2. The van der Waals surface area contributed by atoms with Crippen LogP contribution in [0.4, 0.5) is 11.4 Å². The zero-order valence-electron chi connectivity index (χ0n) is 11.6. The molecule has 1 aliphatic carbocycles. The lowest BCUT2D eigenvalue weighted by Gasteiger charge is -2.23. The van der Waals surface area contributed by atoms with Gasteiger partial charge in [-0.3, -0.25) is 4.72 Å². The van der Waals surface area contributed by atoms with Gasteiger partial charge >= 0.3 is 0 Å². The van der Waals surface area contributed by atoms with Crippen LogP contribution in [0.5, 0.6) is 0 Å². The molecule has 0 heterocycles. The average molecular weight is 282 g/mol. The van der Waals surface area contributed by atoms with Gasteiger partial charge in [0.15, 0.2) is 0 Å². The third-order valence-electron chi connectivity index (χ3n) is 3.79. The van der Waals surface area contributed by atoms with E-state index < -0.39 is 10.0 Å². The summed E-state index contributed by atoms with van der Waals surface area (Å²) in [5.74, 6) is 0. The predicted octanol–water partition coefficient (Wildman–Crippen LogP) is 2.96.